The van der Waals surface area contributed by atoms with Crippen LogP contribution in [0.5, 0.6) is 0 Å². The summed E-state index contributed by atoms with van der Waals surface area (Å²) < 4.78 is 2.16. The van der Waals surface area contributed by atoms with E-state index in [1.165, 1.54) is 69.7 Å². The van der Waals surface area contributed by atoms with Gasteiger partial charge in [-0.1, -0.05) is 51.0 Å². The van der Waals surface area contributed by atoms with Crippen LogP contribution in [0.1, 0.15) is 81.9 Å². The Bertz CT molecular complexity index is 768. The Morgan fingerprint density at radius 1 is 1.03 bits per heavy atom. The van der Waals surface area contributed by atoms with Crippen LogP contribution in [0.15, 0.2) is 36.7 Å². The first-order valence-electron chi connectivity index (χ1n) is 12.4. The highest BCUT2D eigenvalue weighted by Gasteiger charge is 2.29. The topological polar surface area (TPSA) is 38.1 Å². The first kappa shape index (κ1) is 23.7. The van der Waals surface area contributed by atoms with Crippen molar-refractivity contribution in [1.82, 2.24) is 14.7 Å². The molecule has 4 rings (SSSR count). The molecule has 0 amide bonds. The highest BCUT2D eigenvalue weighted by molar-refractivity contribution is 5.44. The number of benzene rings is 1. The molecule has 0 radical (unpaired) electrons. The number of hydrogen-bond acceptors (Lipinski definition) is 3. The number of carbonyl (C=O) groups is 1. The number of aryl methyl sites for hydroxylation is 1. The minimum atomic E-state index is 0.750. The van der Waals surface area contributed by atoms with E-state index in [-0.39, 0.29) is 0 Å². The van der Waals surface area contributed by atoms with E-state index >= 15 is 0 Å². The molecule has 1 aromatic carbocycles. The van der Waals surface area contributed by atoms with E-state index in [0.717, 1.165) is 43.6 Å². The van der Waals surface area contributed by atoms with E-state index in [9.17, 15) is 0 Å². The number of hydrogen-bond donors (Lipinski definition) is 0. The number of nitrogens with zero attached hydrogens (tertiary/aromatic N) is 3. The number of rotatable bonds is 8. The van der Waals surface area contributed by atoms with Crippen LogP contribution in [-0.2, 0) is 24.3 Å². The van der Waals surface area contributed by atoms with Crippen molar-refractivity contribution in [1.29, 1.82) is 0 Å². The van der Waals surface area contributed by atoms with Crippen molar-refractivity contribution in [3.63, 3.8) is 0 Å². The summed E-state index contributed by atoms with van der Waals surface area (Å²) in [6.07, 6.45) is 14.2. The van der Waals surface area contributed by atoms with Crippen molar-refractivity contribution in [2.24, 2.45) is 11.8 Å². The van der Waals surface area contributed by atoms with Gasteiger partial charge < -0.3 is 4.79 Å². The molecule has 0 unspecified atom stereocenters. The summed E-state index contributed by atoms with van der Waals surface area (Å²) in [5.74, 6) is 2.60. The third kappa shape index (κ3) is 7.03. The van der Waals surface area contributed by atoms with Gasteiger partial charge in [-0.15, -0.1) is 0 Å². The summed E-state index contributed by atoms with van der Waals surface area (Å²) >= 11 is 0. The average molecular weight is 424 g/mol. The molecule has 0 N–H and O–H groups in total. The number of aromatic nitrogens is 2. The maximum absolute atomic E-state index is 8.81. The smallest absolute Gasteiger partial charge is 0.116 e. The first-order chi connectivity index (χ1) is 15.1. The number of piperidine rings is 1. The number of carbonyl (C=O) groups excluding carboxylic acids is 1. The van der Waals surface area contributed by atoms with Crippen molar-refractivity contribution < 1.29 is 4.79 Å². The standard InChI is InChI=1S/C25H37N3.C2H4O/c1-3-5-23-14-25(15-23)24-8-6-21(7-9-24)17-27-12-10-22(11-13-27)19-28-18-20(4-2)16-26-28;1-2-3/h6-9,16,18,22-23,25H,3-5,10-15,17,19H2,1-2H3;2H,1H3. The first-order valence-corrected chi connectivity index (χ1v) is 12.4. The predicted molar refractivity (Wildman–Crippen MR) is 128 cm³/mol. The lowest BCUT2D eigenvalue weighted by Crippen LogP contribution is -2.34. The lowest BCUT2D eigenvalue weighted by molar-refractivity contribution is -0.106. The fraction of sp³-hybridized carbons (Fsp3) is 0.630. The molecule has 1 aromatic heterocycles. The largest absolute Gasteiger partial charge is 0.304 e. The summed E-state index contributed by atoms with van der Waals surface area (Å²) in [6.45, 7) is 10.6. The molecule has 2 aromatic rings. The summed E-state index contributed by atoms with van der Waals surface area (Å²) in [6, 6.07) is 9.56. The van der Waals surface area contributed by atoms with E-state index < -0.39 is 0 Å². The quantitative estimate of drug-likeness (QED) is 0.499. The SMILES string of the molecule is CC=O.CCCC1CC(c2ccc(CN3CCC(Cn4cc(CC)cn4)CC3)cc2)C1. The minimum Gasteiger partial charge on any atom is -0.304 e. The van der Waals surface area contributed by atoms with Gasteiger partial charge in [-0.2, -0.15) is 5.10 Å². The van der Waals surface area contributed by atoms with Crippen molar-refractivity contribution in [2.45, 2.75) is 84.7 Å². The Hall–Kier alpha value is -1.94. The van der Waals surface area contributed by atoms with Crippen molar-refractivity contribution in [3.8, 4) is 0 Å². The van der Waals surface area contributed by atoms with Gasteiger partial charge in [0.05, 0.1) is 6.20 Å². The molecule has 0 atom stereocenters. The van der Waals surface area contributed by atoms with Crippen LogP contribution < -0.4 is 0 Å². The molecule has 2 aliphatic rings. The molecule has 4 heteroatoms. The molecule has 2 heterocycles. The van der Waals surface area contributed by atoms with Gasteiger partial charge in [0.2, 0.25) is 0 Å². The van der Waals surface area contributed by atoms with E-state index in [0.29, 0.717) is 0 Å². The molecular formula is C27H41N3O. The second-order valence-electron chi connectivity index (χ2n) is 9.44. The summed E-state index contributed by atoms with van der Waals surface area (Å²) in [4.78, 5) is 11.4. The maximum atomic E-state index is 8.81. The Labute approximate surface area is 189 Å². The number of aldehydes is 1. The maximum Gasteiger partial charge on any atom is 0.116 e. The van der Waals surface area contributed by atoms with Gasteiger partial charge in [0.25, 0.3) is 0 Å². The van der Waals surface area contributed by atoms with Gasteiger partial charge in [-0.05, 0) is 86.6 Å². The van der Waals surface area contributed by atoms with Crippen LogP contribution >= 0.6 is 0 Å². The van der Waals surface area contributed by atoms with Gasteiger partial charge in [-0.25, -0.2) is 0 Å². The Morgan fingerprint density at radius 2 is 1.71 bits per heavy atom. The molecule has 1 aliphatic carbocycles. The third-order valence-corrected chi connectivity index (χ3v) is 7.04. The summed E-state index contributed by atoms with van der Waals surface area (Å²) in [5, 5.41) is 4.52. The minimum absolute atomic E-state index is 0.750. The monoisotopic (exact) mass is 423 g/mol. The molecule has 1 aliphatic heterocycles. The molecule has 0 spiro atoms. The fourth-order valence-corrected chi connectivity index (χ4v) is 5.09. The second kappa shape index (κ2) is 12.2. The van der Waals surface area contributed by atoms with Crippen molar-refractivity contribution in [3.05, 3.63) is 53.3 Å². The normalized spacial score (nSPS) is 21.8. The zero-order valence-corrected chi connectivity index (χ0v) is 19.8. The van der Waals surface area contributed by atoms with E-state index in [1.54, 1.807) is 5.56 Å². The Balaban J connectivity index is 0.000000858. The Morgan fingerprint density at radius 3 is 2.29 bits per heavy atom. The highest BCUT2D eigenvalue weighted by atomic mass is 16.1. The van der Waals surface area contributed by atoms with Gasteiger partial charge in [-0.3, -0.25) is 9.58 Å². The third-order valence-electron chi connectivity index (χ3n) is 7.04. The highest BCUT2D eigenvalue weighted by Crippen LogP contribution is 2.43. The van der Waals surface area contributed by atoms with Crippen LogP contribution in [-0.4, -0.2) is 34.1 Å². The molecule has 2 fully saturated rings. The van der Waals surface area contributed by atoms with E-state index in [2.05, 4.69) is 59.0 Å². The van der Waals surface area contributed by atoms with Crippen LogP contribution in [0.4, 0.5) is 0 Å². The Kier molecular flexibility index (Phi) is 9.32. The molecule has 1 saturated carbocycles. The summed E-state index contributed by atoms with van der Waals surface area (Å²) in [7, 11) is 0. The molecule has 0 bridgehead atoms. The molecule has 170 valence electrons. The zero-order valence-electron chi connectivity index (χ0n) is 19.8. The summed E-state index contributed by atoms with van der Waals surface area (Å²) in [5.41, 5.74) is 4.40. The molecule has 1 saturated heterocycles. The average Bonchev–Trinajstić information content (AvgIpc) is 3.21. The van der Waals surface area contributed by atoms with Crippen LogP contribution in [0.3, 0.4) is 0 Å². The van der Waals surface area contributed by atoms with Gasteiger partial charge in [0.1, 0.15) is 6.29 Å². The second-order valence-corrected chi connectivity index (χ2v) is 9.44. The van der Waals surface area contributed by atoms with E-state index in [1.807, 2.05) is 6.20 Å². The van der Waals surface area contributed by atoms with Gasteiger partial charge >= 0.3 is 0 Å². The fourth-order valence-electron chi connectivity index (χ4n) is 5.09. The van der Waals surface area contributed by atoms with Crippen molar-refractivity contribution in [2.75, 3.05) is 13.1 Å². The predicted octanol–water partition coefficient (Wildman–Crippen LogP) is 5.86. The van der Waals surface area contributed by atoms with Crippen molar-refractivity contribution >= 4 is 6.29 Å². The van der Waals surface area contributed by atoms with Gasteiger partial charge in [0.15, 0.2) is 0 Å². The lowest BCUT2D eigenvalue weighted by Gasteiger charge is -2.36. The lowest BCUT2D eigenvalue weighted by atomic mass is 9.70. The van der Waals surface area contributed by atoms with E-state index in [4.69, 9.17) is 4.79 Å². The molecular weight excluding hydrogens is 382 g/mol. The van der Waals surface area contributed by atoms with Crippen LogP contribution in [0, 0.1) is 11.8 Å². The number of likely N-dealkylation sites (tertiary alicyclic amines) is 1. The zero-order chi connectivity index (χ0) is 22.1. The molecule has 4 nitrogen and oxygen atoms in total. The van der Waals surface area contributed by atoms with Crippen LogP contribution in [0.25, 0.3) is 0 Å². The van der Waals surface area contributed by atoms with Crippen LogP contribution in [0.2, 0.25) is 0 Å². The van der Waals surface area contributed by atoms with Gasteiger partial charge in [0, 0.05) is 19.3 Å². The molecule has 31 heavy (non-hydrogen) atoms.